The molecule has 0 aliphatic rings. The summed E-state index contributed by atoms with van der Waals surface area (Å²) >= 11 is 1.29. The van der Waals surface area contributed by atoms with E-state index in [2.05, 4.69) is 19.9 Å². The average Bonchev–Trinajstić information content (AvgIpc) is 2.30. The highest BCUT2D eigenvalue weighted by atomic mass is 32.2. The van der Waals surface area contributed by atoms with Crippen LogP contribution in [-0.4, -0.2) is 25.8 Å². The molecule has 3 N–H and O–H groups in total. The van der Waals surface area contributed by atoms with E-state index in [1.807, 2.05) is 0 Å². The third-order valence-corrected chi connectivity index (χ3v) is 2.49. The van der Waals surface area contributed by atoms with E-state index < -0.39 is 0 Å². The lowest BCUT2D eigenvalue weighted by atomic mass is 10.4. The Morgan fingerprint density at radius 1 is 1.25 bits per heavy atom. The van der Waals surface area contributed by atoms with Gasteiger partial charge in [-0.15, -0.1) is 0 Å². The highest BCUT2D eigenvalue weighted by Gasteiger charge is 2.04. The fourth-order valence-electron chi connectivity index (χ4n) is 0.972. The van der Waals surface area contributed by atoms with Gasteiger partial charge >= 0.3 is 0 Å². The Morgan fingerprint density at radius 3 is 2.81 bits per heavy atom. The van der Waals surface area contributed by atoms with Crippen LogP contribution >= 0.6 is 11.8 Å². The summed E-state index contributed by atoms with van der Waals surface area (Å²) in [5, 5.41) is 8.52. The van der Waals surface area contributed by atoms with Crippen LogP contribution in [0.15, 0.2) is 41.0 Å². The minimum Gasteiger partial charge on any atom is -0.382 e. The first-order valence-electron chi connectivity index (χ1n) is 4.37. The van der Waals surface area contributed by atoms with Crippen molar-refractivity contribution in [1.29, 1.82) is 5.41 Å². The van der Waals surface area contributed by atoms with Crippen LogP contribution in [0.1, 0.15) is 5.69 Å². The number of aromatic nitrogens is 4. The molecule has 0 saturated carbocycles. The molecule has 2 rings (SSSR count). The normalized spacial score (nSPS) is 10.0. The number of amidine groups is 1. The fourth-order valence-corrected chi connectivity index (χ4v) is 1.65. The van der Waals surface area contributed by atoms with Crippen LogP contribution in [0.2, 0.25) is 0 Å². The van der Waals surface area contributed by atoms with Crippen LogP contribution in [0.4, 0.5) is 0 Å². The lowest BCUT2D eigenvalue weighted by Gasteiger charge is -2.00. The van der Waals surface area contributed by atoms with Gasteiger partial charge < -0.3 is 5.73 Å². The first-order chi connectivity index (χ1) is 7.75. The standard InChI is InChI=1S/C9H8N6S/c10-8(11)6-1-4-13-9(15-6)16-7-2-3-12-5-14-7/h1-5H,(H3,10,11). The summed E-state index contributed by atoms with van der Waals surface area (Å²) in [6, 6.07) is 3.35. The Labute approximate surface area is 95.9 Å². The molecule has 0 aliphatic heterocycles. The Balaban J connectivity index is 2.22. The molecule has 0 fully saturated rings. The van der Waals surface area contributed by atoms with Gasteiger partial charge in [0.15, 0.2) is 5.16 Å². The van der Waals surface area contributed by atoms with Crippen LogP contribution < -0.4 is 5.73 Å². The van der Waals surface area contributed by atoms with Crippen molar-refractivity contribution in [3.05, 3.63) is 36.5 Å². The molecule has 7 heteroatoms. The zero-order chi connectivity index (χ0) is 11.4. The van der Waals surface area contributed by atoms with Crippen molar-refractivity contribution in [2.45, 2.75) is 10.2 Å². The quantitative estimate of drug-likeness (QED) is 0.349. The Kier molecular flexibility index (Phi) is 3.06. The van der Waals surface area contributed by atoms with E-state index >= 15 is 0 Å². The van der Waals surface area contributed by atoms with Gasteiger partial charge in [-0.05, 0) is 23.9 Å². The zero-order valence-corrected chi connectivity index (χ0v) is 8.98. The summed E-state index contributed by atoms with van der Waals surface area (Å²) < 4.78 is 0. The maximum atomic E-state index is 7.26. The summed E-state index contributed by atoms with van der Waals surface area (Å²) in [4.78, 5) is 16.0. The van der Waals surface area contributed by atoms with E-state index in [1.165, 1.54) is 18.1 Å². The first kappa shape index (κ1) is 10.5. The summed E-state index contributed by atoms with van der Waals surface area (Å²) in [6.07, 6.45) is 4.66. The van der Waals surface area contributed by atoms with Gasteiger partial charge in [0, 0.05) is 12.4 Å². The largest absolute Gasteiger partial charge is 0.382 e. The monoisotopic (exact) mass is 232 g/mol. The Bertz CT molecular complexity index is 500. The van der Waals surface area contributed by atoms with Crippen molar-refractivity contribution in [2.24, 2.45) is 5.73 Å². The zero-order valence-electron chi connectivity index (χ0n) is 8.16. The molecule has 16 heavy (non-hydrogen) atoms. The van der Waals surface area contributed by atoms with Gasteiger partial charge in [0.05, 0.1) is 0 Å². The molecule has 0 spiro atoms. The first-order valence-corrected chi connectivity index (χ1v) is 5.18. The van der Waals surface area contributed by atoms with Crippen molar-refractivity contribution >= 4 is 17.6 Å². The average molecular weight is 232 g/mol. The van der Waals surface area contributed by atoms with Gasteiger partial charge in [-0.3, -0.25) is 5.41 Å². The summed E-state index contributed by atoms with van der Waals surface area (Å²) in [5.41, 5.74) is 5.74. The number of nitrogen functional groups attached to an aromatic ring is 1. The molecule has 0 unspecified atom stereocenters. The van der Waals surface area contributed by atoms with Crippen molar-refractivity contribution in [3.8, 4) is 0 Å². The van der Waals surface area contributed by atoms with Gasteiger partial charge in [0.2, 0.25) is 0 Å². The van der Waals surface area contributed by atoms with Gasteiger partial charge in [-0.2, -0.15) is 0 Å². The van der Waals surface area contributed by atoms with E-state index in [0.29, 0.717) is 10.9 Å². The molecule has 0 amide bonds. The number of nitrogens with one attached hydrogen (secondary N) is 1. The van der Waals surface area contributed by atoms with E-state index in [9.17, 15) is 0 Å². The van der Waals surface area contributed by atoms with Crippen molar-refractivity contribution in [3.63, 3.8) is 0 Å². The maximum absolute atomic E-state index is 7.26. The molecule has 2 heterocycles. The number of nitrogens with zero attached hydrogens (tertiary/aromatic N) is 4. The minimum atomic E-state index is -0.0769. The molecule has 6 nitrogen and oxygen atoms in total. The molecule has 0 saturated heterocycles. The molecule has 0 bridgehead atoms. The van der Waals surface area contributed by atoms with Crippen molar-refractivity contribution in [1.82, 2.24) is 19.9 Å². The Morgan fingerprint density at radius 2 is 2.12 bits per heavy atom. The lowest BCUT2D eigenvalue weighted by molar-refractivity contribution is 0.944. The molecule has 2 aromatic heterocycles. The lowest BCUT2D eigenvalue weighted by Crippen LogP contribution is -2.13. The summed E-state index contributed by atoms with van der Waals surface area (Å²) in [6.45, 7) is 0. The summed E-state index contributed by atoms with van der Waals surface area (Å²) in [7, 11) is 0. The van der Waals surface area contributed by atoms with E-state index in [1.54, 1.807) is 24.5 Å². The molecule has 80 valence electrons. The van der Waals surface area contributed by atoms with Crippen LogP contribution in [0.5, 0.6) is 0 Å². The highest BCUT2D eigenvalue weighted by molar-refractivity contribution is 7.99. The third kappa shape index (κ3) is 2.51. The number of hydrogen-bond donors (Lipinski definition) is 2. The second-order valence-corrected chi connectivity index (χ2v) is 3.78. The van der Waals surface area contributed by atoms with Gasteiger partial charge in [-0.1, -0.05) is 0 Å². The van der Waals surface area contributed by atoms with Crippen molar-refractivity contribution in [2.75, 3.05) is 0 Å². The van der Waals surface area contributed by atoms with Crippen LogP contribution in [-0.2, 0) is 0 Å². The topological polar surface area (TPSA) is 101 Å². The van der Waals surface area contributed by atoms with E-state index in [0.717, 1.165) is 5.03 Å². The molecular weight excluding hydrogens is 224 g/mol. The molecule has 0 atom stereocenters. The number of hydrogen-bond acceptors (Lipinski definition) is 6. The summed E-state index contributed by atoms with van der Waals surface area (Å²) in [5.74, 6) is -0.0769. The SMILES string of the molecule is N=C(N)c1ccnc(Sc2ccncn2)n1. The van der Waals surface area contributed by atoms with Gasteiger partial charge in [0.25, 0.3) is 0 Å². The highest BCUT2D eigenvalue weighted by Crippen LogP contribution is 2.20. The van der Waals surface area contributed by atoms with Gasteiger partial charge in [-0.25, -0.2) is 19.9 Å². The fraction of sp³-hybridized carbons (Fsp3) is 0. The van der Waals surface area contributed by atoms with E-state index in [-0.39, 0.29) is 5.84 Å². The van der Waals surface area contributed by atoms with Crippen LogP contribution in [0, 0.1) is 5.41 Å². The number of nitrogens with two attached hydrogens (primary N) is 1. The van der Waals surface area contributed by atoms with Crippen LogP contribution in [0.3, 0.4) is 0 Å². The molecular formula is C9H8N6S. The maximum Gasteiger partial charge on any atom is 0.194 e. The third-order valence-electron chi connectivity index (χ3n) is 1.66. The molecule has 0 aliphatic carbocycles. The van der Waals surface area contributed by atoms with Crippen molar-refractivity contribution < 1.29 is 0 Å². The van der Waals surface area contributed by atoms with Gasteiger partial charge in [0.1, 0.15) is 22.9 Å². The molecule has 0 aromatic carbocycles. The van der Waals surface area contributed by atoms with E-state index in [4.69, 9.17) is 11.1 Å². The predicted molar refractivity (Wildman–Crippen MR) is 59.2 cm³/mol. The minimum absolute atomic E-state index is 0.0769. The smallest absolute Gasteiger partial charge is 0.194 e. The number of rotatable bonds is 3. The second-order valence-electron chi connectivity index (χ2n) is 2.79. The van der Waals surface area contributed by atoms with Crippen LogP contribution in [0.25, 0.3) is 0 Å². The molecule has 0 radical (unpaired) electrons. The second kappa shape index (κ2) is 4.67. The Hall–Kier alpha value is -2.02. The molecule has 2 aromatic rings. The predicted octanol–water partition coefficient (Wildman–Crippen LogP) is 0.702.